The number of rotatable bonds is 4. The quantitative estimate of drug-likeness (QED) is 0.494. The summed E-state index contributed by atoms with van der Waals surface area (Å²) >= 11 is 0. The Kier molecular flexibility index (Phi) is 4.05. The van der Waals surface area contributed by atoms with Gasteiger partial charge in [-0.15, -0.1) is 6.58 Å². The van der Waals surface area contributed by atoms with Crippen molar-refractivity contribution < 1.29 is 9.59 Å². The first-order valence-corrected chi connectivity index (χ1v) is 6.58. The fourth-order valence-electron chi connectivity index (χ4n) is 2.53. The summed E-state index contributed by atoms with van der Waals surface area (Å²) in [6, 6.07) is 0. The van der Waals surface area contributed by atoms with Crippen molar-refractivity contribution in [3.05, 3.63) is 12.7 Å². The molecule has 110 valence electrons. The molecule has 0 spiro atoms. The smallest absolute Gasteiger partial charge is 0.232 e. The molecular formula is C12H20N6O2. The van der Waals surface area contributed by atoms with Gasteiger partial charge in [0.1, 0.15) is 0 Å². The lowest BCUT2D eigenvalue weighted by Crippen LogP contribution is -2.69. The molecule has 0 aliphatic carbocycles. The number of nitrogens with two attached hydrogens (primary N) is 2. The van der Waals surface area contributed by atoms with Crippen molar-refractivity contribution in [1.29, 1.82) is 0 Å². The van der Waals surface area contributed by atoms with Crippen LogP contribution < -0.4 is 11.5 Å². The Bertz CT molecular complexity index is 447. The molecule has 0 aromatic carbocycles. The van der Waals surface area contributed by atoms with E-state index in [1.165, 1.54) is 4.90 Å². The third-order valence-corrected chi connectivity index (χ3v) is 3.48. The van der Waals surface area contributed by atoms with Gasteiger partial charge in [-0.3, -0.25) is 15.3 Å². The number of carbonyl (C=O) groups excluding carboxylic acids is 2. The number of nitrogens with zero attached hydrogens (tertiary/aromatic N) is 4. The molecule has 2 aliphatic heterocycles. The van der Waals surface area contributed by atoms with Gasteiger partial charge in [-0.25, -0.2) is 14.8 Å². The van der Waals surface area contributed by atoms with E-state index in [4.69, 9.17) is 11.5 Å². The fraction of sp³-hybridized carbons (Fsp3) is 0.583. The van der Waals surface area contributed by atoms with Crippen molar-refractivity contribution in [2.75, 3.05) is 13.1 Å². The molecule has 4 N–H and O–H groups in total. The Labute approximate surface area is 117 Å². The van der Waals surface area contributed by atoms with Crippen molar-refractivity contribution >= 4 is 17.8 Å². The molecule has 8 heteroatoms. The molecule has 1 fully saturated rings. The lowest BCUT2D eigenvalue weighted by molar-refractivity contribution is -0.154. The van der Waals surface area contributed by atoms with Crippen LogP contribution >= 0.6 is 0 Å². The first-order valence-electron chi connectivity index (χ1n) is 6.58. The summed E-state index contributed by atoms with van der Waals surface area (Å²) in [5.74, 6) is -0.193. The van der Waals surface area contributed by atoms with Gasteiger partial charge in [0.05, 0.1) is 0 Å². The van der Waals surface area contributed by atoms with Gasteiger partial charge in [0.15, 0.2) is 18.5 Å². The molecular weight excluding hydrogens is 260 g/mol. The van der Waals surface area contributed by atoms with Crippen LogP contribution in [0, 0.1) is 0 Å². The summed E-state index contributed by atoms with van der Waals surface area (Å²) in [6.45, 7) is 6.46. The number of hydrogen-bond donors (Lipinski definition) is 2. The maximum atomic E-state index is 12.0. The van der Waals surface area contributed by atoms with E-state index in [0.29, 0.717) is 13.1 Å². The number of carbonyl (C=O) groups is 2. The average molecular weight is 280 g/mol. The molecule has 1 saturated heterocycles. The number of likely N-dealkylation sites (tertiary alicyclic amines) is 1. The normalized spacial score (nSPS) is 28.0. The second-order valence-corrected chi connectivity index (χ2v) is 4.68. The van der Waals surface area contributed by atoms with Gasteiger partial charge in [-0.1, -0.05) is 6.08 Å². The molecule has 8 nitrogen and oxygen atoms in total. The van der Waals surface area contributed by atoms with E-state index in [0.717, 1.165) is 0 Å². The monoisotopic (exact) mass is 280 g/mol. The Hall–Kier alpha value is -1.93. The van der Waals surface area contributed by atoms with Gasteiger partial charge in [-0.2, -0.15) is 0 Å². The van der Waals surface area contributed by atoms with Crippen LogP contribution in [-0.4, -0.2) is 58.1 Å². The third-order valence-electron chi connectivity index (χ3n) is 3.48. The summed E-state index contributed by atoms with van der Waals surface area (Å²) in [6.07, 6.45) is 0.764. The topological polar surface area (TPSA) is 108 Å². The van der Waals surface area contributed by atoms with E-state index in [-0.39, 0.29) is 30.6 Å². The molecule has 0 saturated carbocycles. The minimum atomic E-state index is -0.706. The van der Waals surface area contributed by atoms with Gasteiger partial charge >= 0.3 is 0 Å². The van der Waals surface area contributed by atoms with Crippen LogP contribution in [-0.2, 0) is 9.59 Å². The van der Waals surface area contributed by atoms with Crippen molar-refractivity contribution in [2.24, 2.45) is 16.5 Å². The molecule has 0 aromatic heterocycles. The molecule has 2 rings (SSSR count). The Balaban J connectivity index is 2.42. The molecule has 2 atom stereocenters. The van der Waals surface area contributed by atoms with Crippen LogP contribution in [0.25, 0.3) is 0 Å². The zero-order chi connectivity index (χ0) is 14.9. The molecule has 2 unspecified atom stereocenters. The number of aliphatic imine (C=N–C) groups is 1. The summed E-state index contributed by atoms with van der Waals surface area (Å²) in [7, 11) is 0. The van der Waals surface area contributed by atoms with Crippen molar-refractivity contribution in [3.63, 3.8) is 0 Å². The van der Waals surface area contributed by atoms with E-state index < -0.39 is 12.6 Å². The standard InChI is InChI=1S/C12H20N6O2/c1-3-7-17-11(14)15-10(13)16(4-2)12(17)18-8(19)5-6-9(18)20/h3,11-12H,1,4-7,14H2,2H3,(H2,13,15). The van der Waals surface area contributed by atoms with E-state index in [1.54, 1.807) is 15.9 Å². The highest BCUT2D eigenvalue weighted by molar-refractivity contribution is 6.02. The molecule has 0 bridgehead atoms. The minimum Gasteiger partial charge on any atom is -0.370 e. The first kappa shape index (κ1) is 14.5. The third kappa shape index (κ3) is 2.27. The summed E-state index contributed by atoms with van der Waals surface area (Å²) in [5.41, 5.74) is 11.8. The molecule has 2 aliphatic rings. The summed E-state index contributed by atoms with van der Waals surface area (Å²) in [5, 5.41) is 0. The highest BCUT2D eigenvalue weighted by Crippen LogP contribution is 2.24. The summed E-state index contributed by atoms with van der Waals surface area (Å²) in [4.78, 5) is 32.8. The Morgan fingerprint density at radius 2 is 2.00 bits per heavy atom. The fourth-order valence-corrected chi connectivity index (χ4v) is 2.53. The van der Waals surface area contributed by atoms with Gasteiger partial charge in [0.2, 0.25) is 11.8 Å². The van der Waals surface area contributed by atoms with Crippen molar-refractivity contribution in [3.8, 4) is 0 Å². The van der Waals surface area contributed by atoms with Crippen molar-refractivity contribution in [1.82, 2.24) is 14.7 Å². The van der Waals surface area contributed by atoms with E-state index in [2.05, 4.69) is 11.6 Å². The van der Waals surface area contributed by atoms with Gasteiger partial charge < -0.3 is 10.6 Å². The Morgan fingerprint density at radius 1 is 1.40 bits per heavy atom. The highest BCUT2D eigenvalue weighted by atomic mass is 16.2. The molecule has 0 aromatic rings. The lowest BCUT2D eigenvalue weighted by atomic mass is 10.3. The van der Waals surface area contributed by atoms with Gasteiger partial charge in [0, 0.05) is 25.9 Å². The largest absolute Gasteiger partial charge is 0.370 e. The van der Waals surface area contributed by atoms with Crippen LogP contribution in [0.3, 0.4) is 0 Å². The maximum Gasteiger partial charge on any atom is 0.232 e. The molecule has 2 amide bonds. The second kappa shape index (κ2) is 5.59. The van der Waals surface area contributed by atoms with E-state index in [1.807, 2.05) is 6.92 Å². The number of amides is 2. The van der Waals surface area contributed by atoms with Gasteiger partial charge in [0.25, 0.3) is 0 Å². The average Bonchev–Trinajstić information content (AvgIpc) is 2.72. The van der Waals surface area contributed by atoms with E-state index in [9.17, 15) is 9.59 Å². The zero-order valence-electron chi connectivity index (χ0n) is 11.5. The number of guanidine groups is 1. The number of hydrogen-bond acceptors (Lipinski definition) is 7. The summed E-state index contributed by atoms with van der Waals surface area (Å²) < 4.78 is 0. The number of imide groups is 1. The van der Waals surface area contributed by atoms with Crippen molar-refractivity contribution in [2.45, 2.75) is 32.3 Å². The maximum absolute atomic E-state index is 12.0. The first-order chi connectivity index (χ1) is 9.51. The Morgan fingerprint density at radius 3 is 2.50 bits per heavy atom. The predicted octanol–water partition coefficient (Wildman–Crippen LogP) is -1.20. The highest BCUT2D eigenvalue weighted by Gasteiger charge is 2.44. The van der Waals surface area contributed by atoms with Crippen LogP contribution in [0.15, 0.2) is 17.6 Å². The molecule has 0 radical (unpaired) electrons. The van der Waals surface area contributed by atoms with Gasteiger partial charge in [-0.05, 0) is 6.92 Å². The van der Waals surface area contributed by atoms with Crippen LogP contribution in [0.5, 0.6) is 0 Å². The molecule has 2 heterocycles. The van der Waals surface area contributed by atoms with Crippen LogP contribution in [0.2, 0.25) is 0 Å². The SMILES string of the molecule is C=CCN1C(N)N=C(N)N(CC)C1N1C(=O)CCC1=O. The lowest BCUT2D eigenvalue weighted by Gasteiger charge is -2.47. The van der Waals surface area contributed by atoms with E-state index >= 15 is 0 Å². The van der Waals surface area contributed by atoms with Crippen LogP contribution in [0.4, 0.5) is 0 Å². The predicted molar refractivity (Wildman–Crippen MR) is 73.8 cm³/mol. The van der Waals surface area contributed by atoms with Crippen LogP contribution in [0.1, 0.15) is 19.8 Å². The minimum absolute atomic E-state index is 0.214. The second-order valence-electron chi connectivity index (χ2n) is 4.68. The molecule has 20 heavy (non-hydrogen) atoms. The zero-order valence-corrected chi connectivity index (χ0v) is 11.5.